The smallest absolute Gasteiger partial charge is 0.222 e. The van der Waals surface area contributed by atoms with Gasteiger partial charge in [-0.15, -0.1) is 15.3 Å². The number of amides is 1. The Morgan fingerprint density at radius 3 is 2.47 bits per heavy atom. The van der Waals surface area contributed by atoms with E-state index in [0.717, 1.165) is 60.9 Å². The van der Waals surface area contributed by atoms with E-state index in [0.29, 0.717) is 24.4 Å². The van der Waals surface area contributed by atoms with Crippen LogP contribution in [0.4, 0.5) is 0 Å². The van der Waals surface area contributed by atoms with Gasteiger partial charge < -0.3 is 4.90 Å². The fourth-order valence-corrected chi connectivity index (χ4v) is 5.28. The van der Waals surface area contributed by atoms with Crippen molar-refractivity contribution in [2.75, 3.05) is 13.1 Å². The minimum atomic E-state index is 0.245. The number of aryl methyl sites for hydroxylation is 1. The van der Waals surface area contributed by atoms with Gasteiger partial charge in [0.2, 0.25) is 5.91 Å². The summed E-state index contributed by atoms with van der Waals surface area (Å²) in [5.41, 5.74) is 5.32. The van der Waals surface area contributed by atoms with Crippen molar-refractivity contribution in [3.05, 3.63) is 70.8 Å². The second-order valence-electron chi connectivity index (χ2n) is 10.2. The van der Waals surface area contributed by atoms with Crippen LogP contribution in [0.2, 0.25) is 0 Å². The van der Waals surface area contributed by atoms with Gasteiger partial charge in [-0.05, 0) is 74.6 Å². The highest BCUT2D eigenvalue weighted by molar-refractivity contribution is 5.76. The molecule has 188 valence electrons. The fraction of sp³-hybridized carbons (Fsp3) is 0.464. The van der Waals surface area contributed by atoms with Gasteiger partial charge >= 0.3 is 0 Å². The SMILES string of the molecule is Cc1c(CCC(=O)N2CCC(Cc3ccccc3)CC2)c(C(C)C)nn1-c1ccc2nnc(C)n2n1. The Morgan fingerprint density at radius 1 is 1.00 bits per heavy atom. The average Bonchev–Trinajstić information content (AvgIpc) is 3.43. The van der Waals surface area contributed by atoms with E-state index < -0.39 is 0 Å². The molecule has 0 atom stereocenters. The topological polar surface area (TPSA) is 81.2 Å². The summed E-state index contributed by atoms with van der Waals surface area (Å²) < 4.78 is 3.62. The second-order valence-corrected chi connectivity index (χ2v) is 10.2. The molecule has 5 rings (SSSR count). The van der Waals surface area contributed by atoms with E-state index in [9.17, 15) is 4.79 Å². The zero-order valence-electron chi connectivity index (χ0n) is 21.7. The van der Waals surface area contributed by atoms with Gasteiger partial charge in [-0.2, -0.15) is 9.61 Å². The molecule has 1 amide bonds. The van der Waals surface area contributed by atoms with Crippen LogP contribution in [0.5, 0.6) is 0 Å². The lowest BCUT2D eigenvalue weighted by molar-refractivity contribution is -0.132. The number of piperidine rings is 1. The molecule has 4 heterocycles. The van der Waals surface area contributed by atoms with E-state index in [1.807, 2.05) is 23.7 Å². The van der Waals surface area contributed by atoms with Gasteiger partial charge in [0.05, 0.1) is 5.69 Å². The van der Waals surface area contributed by atoms with Crippen LogP contribution >= 0.6 is 0 Å². The summed E-state index contributed by atoms with van der Waals surface area (Å²) in [4.78, 5) is 15.2. The molecule has 1 aliphatic rings. The third-order valence-electron chi connectivity index (χ3n) is 7.36. The standard InChI is InChI=1S/C28H35N7O/c1-19(2)28-24(20(3)34(32-28)26-12-11-25-30-29-21(4)35(25)31-26)10-13-27(36)33-16-14-23(15-17-33)18-22-8-6-5-7-9-22/h5-9,11-12,19,23H,10,13-18H2,1-4H3. The molecular formula is C28H35N7O. The number of nitrogens with zero attached hydrogens (tertiary/aromatic N) is 7. The first-order valence-electron chi connectivity index (χ1n) is 13.0. The Morgan fingerprint density at radius 2 is 1.75 bits per heavy atom. The minimum Gasteiger partial charge on any atom is -0.343 e. The molecule has 1 aromatic carbocycles. The highest BCUT2D eigenvalue weighted by Gasteiger charge is 2.25. The number of hydrogen-bond donors (Lipinski definition) is 0. The molecule has 1 aliphatic heterocycles. The van der Waals surface area contributed by atoms with Crippen molar-refractivity contribution in [2.24, 2.45) is 5.92 Å². The number of aromatic nitrogens is 6. The summed E-state index contributed by atoms with van der Waals surface area (Å²) in [5, 5.41) is 17.8. The summed E-state index contributed by atoms with van der Waals surface area (Å²) in [5.74, 6) is 2.62. The molecule has 0 saturated carbocycles. The molecule has 3 aromatic heterocycles. The van der Waals surface area contributed by atoms with Gasteiger partial charge in [0.15, 0.2) is 17.3 Å². The third kappa shape index (κ3) is 4.90. The Kier molecular flexibility index (Phi) is 6.85. The number of fused-ring (bicyclic) bond motifs is 1. The van der Waals surface area contributed by atoms with Crippen LogP contribution < -0.4 is 0 Å². The van der Waals surface area contributed by atoms with E-state index in [-0.39, 0.29) is 11.8 Å². The molecule has 36 heavy (non-hydrogen) atoms. The van der Waals surface area contributed by atoms with Gasteiger partial charge in [-0.25, -0.2) is 4.68 Å². The van der Waals surface area contributed by atoms with Crippen LogP contribution in [0, 0.1) is 19.8 Å². The van der Waals surface area contributed by atoms with E-state index in [1.54, 1.807) is 4.52 Å². The van der Waals surface area contributed by atoms with Crippen molar-refractivity contribution in [3.8, 4) is 5.82 Å². The van der Waals surface area contributed by atoms with Crippen LogP contribution in [0.15, 0.2) is 42.5 Å². The lowest BCUT2D eigenvalue weighted by Gasteiger charge is -2.32. The lowest BCUT2D eigenvalue weighted by atomic mass is 9.90. The van der Waals surface area contributed by atoms with Crippen molar-refractivity contribution >= 4 is 11.6 Å². The van der Waals surface area contributed by atoms with Gasteiger partial charge in [-0.3, -0.25) is 4.79 Å². The Hall–Kier alpha value is -3.55. The van der Waals surface area contributed by atoms with Crippen molar-refractivity contribution in [2.45, 2.75) is 65.7 Å². The molecule has 0 radical (unpaired) electrons. The first kappa shape index (κ1) is 24.2. The molecular weight excluding hydrogens is 450 g/mol. The number of hydrogen-bond acceptors (Lipinski definition) is 5. The first-order chi connectivity index (χ1) is 17.4. The molecule has 8 nitrogen and oxygen atoms in total. The van der Waals surface area contributed by atoms with Gasteiger partial charge in [-0.1, -0.05) is 44.2 Å². The fourth-order valence-electron chi connectivity index (χ4n) is 5.28. The van der Waals surface area contributed by atoms with E-state index >= 15 is 0 Å². The maximum atomic E-state index is 13.1. The third-order valence-corrected chi connectivity index (χ3v) is 7.36. The number of benzene rings is 1. The number of rotatable bonds is 7. The van der Waals surface area contributed by atoms with E-state index in [4.69, 9.17) is 10.2 Å². The van der Waals surface area contributed by atoms with Gasteiger partial charge in [0, 0.05) is 25.2 Å². The molecule has 1 fully saturated rings. The van der Waals surface area contributed by atoms with Crippen molar-refractivity contribution in [1.29, 1.82) is 0 Å². The number of carbonyl (C=O) groups is 1. The Labute approximate surface area is 212 Å². The molecule has 0 unspecified atom stereocenters. The zero-order chi connectivity index (χ0) is 25.2. The second kappa shape index (κ2) is 10.2. The monoisotopic (exact) mass is 485 g/mol. The highest BCUT2D eigenvalue weighted by atomic mass is 16.2. The van der Waals surface area contributed by atoms with Crippen LogP contribution in [0.3, 0.4) is 0 Å². The summed E-state index contributed by atoms with van der Waals surface area (Å²) in [6.45, 7) is 9.96. The average molecular weight is 486 g/mol. The number of carbonyl (C=O) groups excluding carboxylic acids is 1. The Balaban J connectivity index is 1.25. The molecule has 0 spiro atoms. The summed E-state index contributed by atoms with van der Waals surface area (Å²) in [6, 6.07) is 14.5. The maximum Gasteiger partial charge on any atom is 0.222 e. The molecule has 0 aliphatic carbocycles. The van der Waals surface area contributed by atoms with Crippen LogP contribution in [0.1, 0.15) is 67.4 Å². The quantitative estimate of drug-likeness (QED) is 0.386. The van der Waals surface area contributed by atoms with Crippen LogP contribution in [-0.2, 0) is 17.6 Å². The lowest BCUT2D eigenvalue weighted by Crippen LogP contribution is -2.39. The van der Waals surface area contributed by atoms with Crippen LogP contribution in [0.25, 0.3) is 11.5 Å². The minimum absolute atomic E-state index is 0.245. The maximum absolute atomic E-state index is 13.1. The molecule has 4 aromatic rings. The predicted octanol–water partition coefficient (Wildman–Crippen LogP) is 4.46. The van der Waals surface area contributed by atoms with Crippen molar-refractivity contribution in [3.63, 3.8) is 0 Å². The number of likely N-dealkylation sites (tertiary alicyclic amines) is 1. The predicted molar refractivity (Wildman–Crippen MR) is 139 cm³/mol. The summed E-state index contributed by atoms with van der Waals surface area (Å²) >= 11 is 0. The van der Waals surface area contributed by atoms with E-state index in [1.165, 1.54) is 5.56 Å². The van der Waals surface area contributed by atoms with Crippen molar-refractivity contribution in [1.82, 2.24) is 34.5 Å². The van der Waals surface area contributed by atoms with Crippen molar-refractivity contribution < 1.29 is 4.79 Å². The molecule has 1 saturated heterocycles. The normalized spacial score (nSPS) is 14.8. The Bertz CT molecular complexity index is 1350. The highest BCUT2D eigenvalue weighted by Crippen LogP contribution is 2.26. The molecule has 0 N–H and O–H groups in total. The van der Waals surface area contributed by atoms with Crippen LogP contribution in [-0.4, -0.2) is 53.5 Å². The van der Waals surface area contributed by atoms with Gasteiger partial charge in [0.1, 0.15) is 0 Å². The molecule has 0 bridgehead atoms. The largest absolute Gasteiger partial charge is 0.343 e. The first-order valence-corrected chi connectivity index (χ1v) is 13.0. The van der Waals surface area contributed by atoms with Gasteiger partial charge in [0.25, 0.3) is 0 Å². The summed E-state index contributed by atoms with van der Waals surface area (Å²) in [6.07, 6.45) is 4.45. The van der Waals surface area contributed by atoms with E-state index in [2.05, 4.69) is 66.2 Å². The molecule has 8 heteroatoms. The summed E-state index contributed by atoms with van der Waals surface area (Å²) in [7, 11) is 0. The zero-order valence-corrected chi connectivity index (χ0v) is 21.7.